The molecule has 0 aromatic heterocycles. The molecule has 4 nitrogen and oxygen atoms in total. The molecule has 3 fully saturated rings. The number of hydrogen-bond acceptors (Lipinski definition) is 2. The Kier molecular flexibility index (Phi) is 5.82. The minimum atomic E-state index is -0.107. The quantitative estimate of drug-likeness (QED) is 0.399. The Morgan fingerprint density at radius 2 is 2.08 bits per heavy atom. The van der Waals surface area contributed by atoms with Gasteiger partial charge in [0.05, 0.1) is 6.10 Å². The molecule has 0 amide bonds. The first-order valence-corrected chi connectivity index (χ1v) is 9.46. The molecule has 0 radical (unpaired) electrons. The van der Waals surface area contributed by atoms with Gasteiger partial charge >= 0.3 is 0 Å². The first kappa shape index (κ1) is 19.9. The zero-order valence-corrected chi connectivity index (χ0v) is 18.0. The van der Waals surface area contributed by atoms with Crippen LogP contribution in [0.25, 0.3) is 0 Å². The predicted molar refractivity (Wildman–Crippen MR) is 113 cm³/mol. The molecular weight excluding hydrogens is 444 g/mol. The minimum Gasteiger partial charge on any atom is -0.377 e. The van der Waals surface area contributed by atoms with Crippen molar-refractivity contribution in [3.63, 3.8) is 0 Å². The van der Waals surface area contributed by atoms with Crippen molar-refractivity contribution in [3.05, 3.63) is 35.6 Å². The number of nitrogens with zero attached hydrogens (tertiary/aromatic N) is 1. The third kappa shape index (κ3) is 3.46. The largest absolute Gasteiger partial charge is 0.377 e. The molecule has 6 heteroatoms. The van der Waals surface area contributed by atoms with Gasteiger partial charge in [-0.3, -0.25) is 4.99 Å². The third-order valence-corrected chi connectivity index (χ3v) is 6.13. The molecule has 26 heavy (non-hydrogen) atoms. The molecule has 0 spiro atoms. The van der Waals surface area contributed by atoms with Gasteiger partial charge < -0.3 is 15.4 Å². The van der Waals surface area contributed by atoms with Gasteiger partial charge in [-0.1, -0.05) is 32.0 Å². The number of nitrogens with one attached hydrogen (secondary N) is 2. The van der Waals surface area contributed by atoms with Gasteiger partial charge in [0.15, 0.2) is 5.96 Å². The summed E-state index contributed by atoms with van der Waals surface area (Å²) in [6.45, 7) is 8.16. The maximum absolute atomic E-state index is 14.0. The molecule has 1 saturated heterocycles. The number of fused-ring (bicyclic) bond motifs is 1. The third-order valence-electron chi connectivity index (χ3n) is 6.13. The Bertz CT molecular complexity index is 681. The van der Waals surface area contributed by atoms with E-state index in [9.17, 15) is 4.39 Å². The Morgan fingerprint density at radius 1 is 1.31 bits per heavy atom. The first-order chi connectivity index (χ1) is 12.0. The molecule has 1 aliphatic heterocycles. The number of guanidine groups is 1. The van der Waals surface area contributed by atoms with Crippen LogP contribution in [0, 0.1) is 17.2 Å². The first-order valence-electron chi connectivity index (χ1n) is 9.46. The Hall–Kier alpha value is -0.890. The highest BCUT2D eigenvalue weighted by molar-refractivity contribution is 14.0. The van der Waals surface area contributed by atoms with Gasteiger partial charge in [0.25, 0.3) is 0 Å². The maximum atomic E-state index is 14.0. The number of halogens is 2. The van der Waals surface area contributed by atoms with Gasteiger partial charge in [0, 0.05) is 42.5 Å². The lowest BCUT2D eigenvalue weighted by Gasteiger charge is -2.55. The molecule has 1 aromatic rings. The standard InChI is InChI=1S/C20H28FN3O.HI/c1-4-22-19(24-17-13-9-10-25-18(13)20(17,2)3)23-16-11-14(16)12-7-5-6-8-15(12)21;/h5-8,13-14,16-18H,4,9-11H2,1-3H3,(H2,22,23,24);1H. The van der Waals surface area contributed by atoms with E-state index in [2.05, 4.69) is 29.5 Å². The molecule has 1 aromatic carbocycles. The van der Waals surface area contributed by atoms with E-state index >= 15 is 0 Å². The second kappa shape index (κ2) is 7.62. The summed E-state index contributed by atoms with van der Waals surface area (Å²) < 4.78 is 19.9. The molecule has 3 aliphatic rings. The van der Waals surface area contributed by atoms with Crippen LogP contribution in [0.4, 0.5) is 4.39 Å². The molecule has 2 saturated carbocycles. The zero-order chi connectivity index (χ0) is 17.6. The van der Waals surface area contributed by atoms with Gasteiger partial charge in [0.1, 0.15) is 5.82 Å². The van der Waals surface area contributed by atoms with Crippen molar-refractivity contribution >= 4 is 29.9 Å². The normalized spacial score (nSPS) is 34.3. The van der Waals surface area contributed by atoms with Crippen LogP contribution in [0.5, 0.6) is 0 Å². The van der Waals surface area contributed by atoms with Crippen LogP contribution < -0.4 is 10.6 Å². The van der Waals surface area contributed by atoms with Gasteiger partial charge in [-0.2, -0.15) is 0 Å². The van der Waals surface area contributed by atoms with Gasteiger partial charge in [0.2, 0.25) is 0 Å². The van der Waals surface area contributed by atoms with Crippen LogP contribution in [0.3, 0.4) is 0 Å². The zero-order valence-electron chi connectivity index (χ0n) is 15.7. The van der Waals surface area contributed by atoms with E-state index in [1.165, 1.54) is 0 Å². The average Bonchev–Trinajstić information content (AvgIpc) is 3.18. The van der Waals surface area contributed by atoms with E-state index in [-0.39, 0.29) is 47.2 Å². The van der Waals surface area contributed by atoms with Gasteiger partial charge in [-0.25, -0.2) is 4.39 Å². The average molecular weight is 473 g/mol. The maximum Gasteiger partial charge on any atom is 0.191 e. The molecule has 2 aliphatic carbocycles. The second-order valence-electron chi connectivity index (χ2n) is 8.12. The predicted octanol–water partition coefficient (Wildman–Crippen LogP) is 3.67. The monoisotopic (exact) mass is 473 g/mol. The SMILES string of the molecule is CCN=C(NC1CC1c1ccccc1F)NC1C2CCOC2C1(C)C.I. The summed E-state index contributed by atoms with van der Waals surface area (Å²) in [5.41, 5.74) is 0.926. The lowest BCUT2D eigenvalue weighted by Crippen LogP contribution is -2.68. The van der Waals surface area contributed by atoms with E-state index in [1.54, 1.807) is 12.1 Å². The van der Waals surface area contributed by atoms with Crippen molar-refractivity contribution in [2.75, 3.05) is 13.2 Å². The van der Waals surface area contributed by atoms with E-state index in [0.29, 0.717) is 18.1 Å². The number of ether oxygens (including phenoxy) is 1. The molecule has 144 valence electrons. The number of rotatable bonds is 4. The molecule has 2 N–H and O–H groups in total. The summed E-state index contributed by atoms with van der Waals surface area (Å²) >= 11 is 0. The van der Waals surface area contributed by atoms with Crippen molar-refractivity contribution in [1.82, 2.24) is 10.6 Å². The van der Waals surface area contributed by atoms with Crippen molar-refractivity contribution in [2.45, 2.75) is 57.7 Å². The molecule has 4 rings (SSSR count). The smallest absolute Gasteiger partial charge is 0.191 e. The van der Waals surface area contributed by atoms with E-state index in [1.807, 2.05) is 19.1 Å². The topological polar surface area (TPSA) is 45.7 Å². The molecule has 5 unspecified atom stereocenters. The Morgan fingerprint density at radius 3 is 2.81 bits per heavy atom. The minimum absolute atomic E-state index is 0. The number of benzene rings is 1. The summed E-state index contributed by atoms with van der Waals surface area (Å²) in [5.74, 6) is 1.56. The molecular formula is C20H29FIN3O. The summed E-state index contributed by atoms with van der Waals surface area (Å²) in [6.07, 6.45) is 2.43. The fraction of sp³-hybridized carbons (Fsp3) is 0.650. The fourth-order valence-electron chi connectivity index (χ4n) is 4.71. The van der Waals surface area contributed by atoms with Crippen LogP contribution in [-0.2, 0) is 4.74 Å². The van der Waals surface area contributed by atoms with Crippen molar-refractivity contribution in [3.8, 4) is 0 Å². The Balaban J connectivity index is 0.00000196. The Labute approximate surface area is 172 Å². The van der Waals surface area contributed by atoms with Crippen molar-refractivity contribution in [1.29, 1.82) is 0 Å². The number of aliphatic imine (C=N–C) groups is 1. The van der Waals surface area contributed by atoms with E-state index in [4.69, 9.17) is 4.74 Å². The summed E-state index contributed by atoms with van der Waals surface area (Å²) in [5, 5.41) is 7.16. The van der Waals surface area contributed by atoms with Crippen LogP contribution >= 0.6 is 24.0 Å². The second-order valence-corrected chi connectivity index (χ2v) is 8.12. The molecule has 1 heterocycles. The lowest BCUT2D eigenvalue weighted by atomic mass is 9.57. The lowest BCUT2D eigenvalue weighted by molar-refractivity contribution is -0.106. The van der Waals surface area contributed by atoms with E-state index in [0.717, 1.165) is 37.5 Å². The van der Waals surface area contributed by atoms with E-state index < -0.39 is 0 Å². The van der Waals surface area contributed by atoms with Gasteiger partial charge in [-0.05, 0) is 31.4 Å². The van der Waals surface area contributed by atoms with Crippen LogP contribution in [-0.4, -0.2) is 37.3 Å². The molecule has 0 bridgehead atoms. The highest BCUT2D eigenvalue weighted by Gasteiger charge is 2.59. The van der Waals surface area contributed by atoms with Crippen LogP contribution in [0.1, 0.15) is 45.1 Å². The van der Waals surface area contributed by atoms with Crippen molar-refractivity contribution in [2.24, 2.45) is 16.3 Å². The highest BCUT2D eigenvalue weighted by Crippen LogP contribution is 2.52. The molecule has 5 atom stereocenters. The highest BCUT2D eigenvalue weighted by atomic mass is 127. The van der Waals surface area contributed by atoms with Crippen LogP contribution in [0.2, 0.25) is 0 Å². The fourth-order valence-corrected chi connectivity index (χ4v) is 4.71. The van der Waals surface area contributed by atoms with Gasteiger partial charge in [-0.15, -0.1) is 24.0 Å². The summed E-state index contributed by atoms with van der Waals surface area (Å²) in [7, 11) is 0. The number of hydrogen-bond donors (Lipinski definition) is 2. The summed E-state index contributed by atoms with van der Waals surface area (Å²) in [4.78, 5) is 4.62. The summed E-state index contributed by atoms with van der Waals surface area (Å²) in [6, 6.07) is 7.72. The van der Waals surface area contributed by atoms with Crippen molar-refractivity contribution < 1.29 is 9.13 Å². The van der Waals surface area contributed by atoms with Crippen LogP contribution in [0.15, 0.2) is 29.3 Å².